The van der Waals surface area contributed by atoms with E-state index in [1.54, 1.807) is 0 Å². The lowest BCUT2D eigenvalue weighted by molar-refractivity contribution is 0.272. The molecule has 0 aliphatic carbocycles. The Kier molecular flexibility index (Phi) is 4.72. The SMILES string of the molecule is CC(C)COc1ccccc1-c1ccc(C(C)C)nn1. The number of nitrogens with zero attached hydrogens (tertiary/aromatic N) is 2. The summed E-state index contributed by atoms with van der Waals surface area (Å²) >= 11 is 0. The summed E-state index contributed by atoms with van der Waals surface area (Å²) in [6, 6.07) is 12.0. The van der Waals surface area contributed by atoms with E-state index in [9.17, 15) is 0 Å². The molecule has 2 aromatic rings. The summed E-state index contributed by atoms with van der Waals surface area (Å²) in [5.41, 5.74) is 2.86. The summed E-state index contributed by atoms with van der Waals surface area (Å²) in [5.74, 6) is 1.76. The number of ether oxygens (including phenoxy) is 1. The maximum absolute atomic E-state index is 5.86. The van der Waals surface area contributed by atoms with Crippen molar-refractivity contribution in [2.24, 2.45) is 5.92 Å². The first-order valence-electron chi connectivity index (χ1n) is 7.13. The number of rotatable bonds is 5. The van der Waals surface area contributed by atoms with Crippen molar-refractivity contribution in [3.63, 3.8) is 0 Å². The van der Waals surface area contributed by atoms with E-state index in [0.717, 1.165) is 22.7 Å². The number of aromatic nitrogens is 2. The van der Waals surface area contributed by atoms with Crippen LogP contribution in [0.4, 0.5) is 0 Å². The molecule has 1 aromatic carbocycles. The summed E-state index contributed by atoms with van der Waals surface area (Å²) in [5, 5.41) is 8.61. The Balaban J connectivity index is 2.27. The first-order valence-corrected chi connectivity index (χ1v) is 7.13. The predicted octanol–water partition coefficient (Wildman–Crippen LogP) is 4.30. The minimum absolute atomic E-state index is 0.393. The highest BCUT2D eigenvalue weighted by Crippen LogP contribution is 2.28. The van der Waals surface area contributed by atoms with Gasteiger partial charge in [-0.25, -0.2) is 0 Å². The third-order valence-corrected chi connectivity index (χ3v) is 3.01. The lowest BCUT2D eigenvalue weighted by Gasteiger charge is -2.12. The van der Waals surface area contributed by atoms with Crippen LogP contribution >= 0.6 is 0 Å². The number of para-hydroxylation sites is 1. The van der Waals surface area contributed by atoms with Crippen LogP contribution in [0.5, 0.6) is 5.75 Å². The lowest BCUT2D eigenvalue weighted by atomic mass is 10.1. The molecule has 0 N–H and O–H groups in total. The van der Waals surface area contributed by atoms with Gasteiger partial charge in [0.1, 0.15) is 5.75 Å². The first-order chi connectivity index (χ1) is 9.58. The minimum Gasteiger partial charge on any atom is -0.493 e. The van der Waals surface area contributed by atoms with Crippen molar-refractivity contribution in [2.75, 3.05) is 6.61 Å². The van der Waals surface area contributed by atoms with E-state index in [1.165, 1.54) is 0 Å². The fourth-order valence-corrected chi connectivity index (χ4v) is 1.85. The highest BCUT2D eigenvalue weighted by atomic mass is 16.5. The number of benzene rings is 1. The van der Waals surface area contributed by atoms with E-state index in [2.05, 4.69) is 37.9 Å². The van der Waals surface area contributed by atoms with Crippen molar-refractivity contribution in [2.45, 2.75) is 33.6 Å². The van der Waals surface area contributed by atoms with E-state index >= 15 is 0 Å². The Morgan fingerprint density at radius 1 is 0.950 bits per heavy atom. The lowest BCUT2D eigenvalue weighted by Crippen LogP contribution is -2.05. The van der Waals surface area contributed by atoms with Crippen molar-refractivity contribution in [3.05, 3.63) is 42.1 Å². The summed E-state index contributed by atoms with van der Waals surface area (Å²) < 4.78 is 5.86. The van der Waals surface area contributed by atoms with Gasteiger partial charge in [-0.1, -0.05) is 39.8 Å². The highest BCUT2D eigenvalue weighted by molar-refractivity contribution is 5.66. The normalized spacial score (nSPS) is 11.1. The molecule has 0 aliphatic rings. The molecule has 3 nitrogen and oxygen atoms in total. The van der Waals surface area contributed by atoms with Crippen molar-refractivity contribution in [1.82, 2.24) is 10.2 Å². The van der Waals surface area contributed by atoms with Gasteiger partial charge in [-0.05, 0) is 36.1 Å². The fraction of sp³-hybridized carbons (Fsp3) is 0.412. The second-order valence-electron chi connectivity index (χ2n) is 5.70. The van der Waals surface area contributed by atoms with E-state index in [4.69, 9.17) is 4.74 Å². The molecule has 0 aliphatic heterocycles. The van der Waals surface area contributed by atoms with Gasteiger partial charge in [0.05, 0.1) is 18.0 Å². The Hall–Kier alpha value is -1.90. The summed E-state index contributed by atoms with van der Waals surface area (Å²) in [6.45, 7) is 9.21. The largest absolute Gasteiger partial charge is 0.493 e. The van der Waals surface area contributed by atoms with Gasteiger partial charge in [-0.3, -0.25) is 0 Å². The highest BCUT2D eigenvalue weighted by Gasteiger charge is 2.09. The van der Waals surface area contributed by atoms with Crippen LogP contribution in [0.2, 0.25) is 0 Å². The monoisotopic (exact) mass is 270 g/mol. The van der Waals surface area contributed by atoms with E-state index in [0.29, 0.717) is 18.4 Å². The number of hydrogen-bond acceptors (Lipinski definition) is 3. The topological polar surface area (TPSA) is 35.0 Å². The molecule has 106 valence electrons. The average molecular weight is 270 g/mol. The molecule has 0 bridgehead atoms. The van der Waals surface area contributed by atoms with Crippen LogP contribution in [-0.2, 0) is 0 Å². The summed E-state index contributed by atoms with van der Waals surface area (Å²) in [4.78, 5) is 0. The van der Waals surface area contributed by atoms with Gasteiger partial charge in [-0.2, -0.15) is 10.2 Å². The number of hydrogen-bond donors (Lipinski definition) is 0. The molecule has 0 saturated carbocycles. The third kappa shape index (κ3) is 3.56. The molecule has 0 saturated heterocycles. The maximum Gasteiger partial charge on any atom is 0.128 e. The second kappa shape index (κ2) is 6.51. The summed E-state index contributed by atoms with van der Waals surface area (Å²) in [7, 11) is 0. The molecule has 2 rings (SSSR count). The zero-order valence-corrected chi connectivity index (χ0v) is 12.6. The molecular formula is C17H22N2O. The maximum atomic E-state index is 5.86. The van der Waals surface area contributed by atoms with Crippen LogP contribution in [0.25, 0.3) is 11.3 Å². The smallest absolute Gasteiger partial charge is 0.128 e. The van der Waals surface area contributed by atoms with Gasteiger partial charge in [0.25, 0.3) is 0 Å². The van der Waals surface area contributed by atoms with Gasteiger partial charge in [-0.15, -0.1) is 0 Å². The van der Waals surface area contributed by atoms with Crippen molar-refractivity contribution in [1.29, 1.82) is 0 Å². The van der Waals surface area contributed by atoms with Crippen molar-refractivity contribution in [3.8, 4) is 17.0 Å². The van der Waals surface area contributed by atoms with E-state index in [-0.39, 0.29) is 0 Å². The van der Waals surface area contributed by atoms with Crippen LogP contribution in [0.3, 0.4) is 0 Å². The summed E-state index contributed by atoms with van der Waals surface area (Å²) in [6.07, 6.45) is 0. The van der Waals surface area contributed by atoms with Crippen LogP contribution in [0.15, 0.2) is 36.4 Å². The van der Waals surface area contributed by atoms with Gasteiger partial charge in [0, 0.05) is 5.56 Å². The average Bonchev–Trinajstić information content (AvgIpc) is 2.45. The molecule has 0 atom stereocenters. The molecule has 0 fully saturated rings. The molecular weight excluding hydrogens is 248 g/mol. The molecule has 1 aromatic heterocycles. The molecule has 0 unspecified atom stereocenters. The van der Waals surface area contributed by atoms with Crippen LogP contribution in [0, 0.1) is 5.92 Å². The van der Waals surface area contributed by atoms with Crippen molar-refractivity contribution >= 4 is 0 Å². The van der Waals surface area contributed by atoms with Gasteiger partial charge >= 0.3 is 0 Å². The van der Waals surface area contributed by atoms with Crippen LogP contribution in [0.1, 0.15) is 39.3 Å². The first kappa shape index (κ1) is 14.5. The van der Waals surface area contributed by atoms with Crippen LogP contribution in [-0.4, -0.2) is 16.8 Å². The van der Waals surface area contributed by atoms with Crippen molar-refractivity contribution < 1.29 is 4.74 Å². The Labute approximate surface area is 121 Å². The standard InChI is InChI=1S/C17H22N2O/c1-12(2)11-20-17-8-6-5-7-14(17)16-10-9-15(13(3)4)18-19-16/h5-10,12-13H,11H2,1-4H3. The Morgan fingerprint density at radius 3 is 2.30 bits per heavy atom. The predicted molar refractivity (Wildman–Crippen MR) is 81.9 cm³/mol. The molecule has 20 heavy (non-hydrogen) atoms. The molecule has 1 heterocycles. The van der Waals surface area contributed by atoms with Gasteiger partial charge in [0.2, 0.25) is 0 Å². The third-order valence-electron chi connectivity index (χ3n) is 3.01. The minimum atomic E-state index is 0.393. The molecule has 0 radical (unpaired) electrons. The second-order valence-corrected chi connectivity index (χ2v) is 5.70. The van der Waals surface area contributed by atoms with Gasteiger partial charge < -0.3 is 4.74 Å². The van der Waals surface area contributed by atoms with Gasteiger partial charge in [0.15, 0.2) is 0 Å². The van der Waals surface area contributed by atoms with Crippen LogP contribution < -0.4 is 4.74 Å². The Morgan fingerprint density at radius 2 is 1.70 bits per heavy atom. The zero-order chi connectivity index (χ0) is 14.5. The quantitative estimate of drug-likeness (QED) is 0.812. The molecule has 3 heteroatoms. The van der Waals surface area contributed by atoms with E-state index < -0.39 is 0 Å². The van der Waals surface area contributed by atoms with E-state index in [1.807, 2.05) is 36.4 Å². The molecule has 0 amide bonds. The molecule has 0 spiro atoms. The fourth-order valence-electron chi connectivity index (χ4n) is 1.85. The Bertz CT molecular complexity index is 547. The zero-order valence-electron chi connectivity index (χ0n) is 12.6.